The van der Waals surface area contributed by atoms with Crippen molar-refractivity contribution < 1.29 is 9.13 Å². The Morgan fingerprint density at radius 2 is 1.94 bits per heavy atom. The van der Waals surface area contributed by atoms with Crippen LogP contribution in [0.1, 0.15) is 24.2 Å². The zero-order chi connectivity index (χ0) is 21.5. The van der Waals surface area contributed by atoms with E-state index in [9.17, 15) is 4.39 Å². The third-order valence-corrected chi connectivity index (χ3v) is 6.60. The van der Waals surface area contributed by atoms with E-state index in [-0.39, 0.29) is 5.82 Å². The van der Waals surface area contributed by atoms with Crippen LogP contribution in [0, 0.1) is 30.5 Å². The third-order valence-electron chi connectivity index (χ3n) is 6.41. The molecule has 1 aliphatic heterocycles. The van der Waals surface area contributed by atoms with Gasteiger partial charge in [0, 0.05) is 38.7 Å². The quantitative estimate of drug-likeness (QED) is 0.589. The molecule has 1 aromatic carbocycles. The number of fused-ring (bicyclic) bond motifs is 2. The second kappa shape index (κ2) is 8.07. The van der Waals surface area contributed by atoms with Gasteiger partial charge < -0.3 is 9.64 Å². The third kappa shape index (κ3) is 4.21. The summed E-state index contributed by atoms with van der Waals surface area (Å²) in [6, 6.07) is 6.87. The maximum absolute atomic E-state index is 13.7. The molecule has 31 heavy (non-hydrogen) atoms. The monoisotopic (exact) mass is 442 g/mol. The standard InChI is InChI=1S/C22H24ClFN6O/c1-13-5-16(24)7-18(6-13)31-22-26-21(28-29(22)2)9-19-14-3-4-15(19)12-30(11-14)17-8-20(23)27-25-10-17/h5-8,10,14-15,19H,3-4,9,11-12H2,1-2H3. The molecule has 2 unspecified atom stereocenters. The van der Waals surface area contributed by atoms with E-state index >= 15 is 0 Å². The molecule has 3 aromatic rings. The molecule has 2 aliphatic rings. The minimum atomic E-state index is -0.327. The van der Waals surface area contributed by atoms with Gasteiger partial charge in [-0.15, -0.1) is 5.10 Å². The number of aryl methyl sites for hydroxylation is 2. The Kier molecular flexibility index (Phi) is 5.25. The van der Waals surface area contributed by atoms with E-state index in [1.165, 1.54) is 25.0 Å². The van der Waals surface area contributed by atoms with E-state index < -0.39 is 0 Å². The summed E-state index contributed by atoms with van der Waals surface area (Å²) in [6.45, 7) is 3.78. The van der Waals surface area contributed by atoms with Crippen LogP contribution in [0.4, 0.5) is 10.1 Å². The lowest BCUT2D eigenvalue weighted by atomic mass is 9.82. The number of anilines is 1. The molecule has 2 bridgehead atoms. The summed E-state index contributed by atoms with van der Waals surface area (Å²) in [5.74, 6) is 2.56. The van der Waals surface area contributed by atoms with Gasteiger partial charge in [0.05, 0.1) is 11.9 Å². The molecule has 3 heterocycles. The van der Waals surface area contributed by atoms with Crippen LogP contribution < -0.4 is 9.64 Å². The Morgan fingerprint density at radius 3 is 2.65 bits per heavy atom. The lowest BCUT2D eigenvalue weighted by molar-refractivity contribution is 0.265. The van der Waals surface area contributed by atoms with Crippen LogP contribution in [0.3, 0.4) is 0 Å². The molecule has 162 valence electrons. The van der Waals surface area contributed by atoms with Crippen LogP contribution in [0.25, 0.3) is 0 Å². The van der Waals surface area contributed by atoms with Crippen LogP contribution in [0.15, 0.2) is 30.5 Å². The van der Waals surface area contributed by atoms with Gasteiger partial charge in [0.15, 0.2) is 11.0 Å². The Bertz CT molecular complexity index is 1070. The molecule has 2 fully saturated rings. The minimum Gasteiger partial charge on any atom is -0.424 e. The lowest BCUT2D eigenvalue weighted by Crippen LogP contribution is -2.42. The molecule has 0 radical (unpaired) electrons. The van der Waals surface area contributed by atoms with Gasteiger partial charge in [0.1, 0.15) is 11.6 Å². The summed E-state index contributed by atoms with van der Waals surface area (Å²) < 4.78 is 21.1. The number of rotatable bonds is 5. The highest BCUT2D eigenvalue weighted by molar-refractivity contribution is 6.29. The largest absolute Gasteiger partial charge is 0.424 e. The molecule has 5 rings (SSSR count). The van der Waals surface area contributed by atoms with Gasteiger partial charge in [-0.1, -0.05) is 11.6 Å². The number of aromatic nitrogens is 5. The summed E-state index contributed by atoms with van der Waals surface area (Å²) in [5, 5.41) is 12.8. The molecule has 2 atom stereocenters. The van der Waals surface area contributed by atoms with Gasteiger partial charge in [-0.05, 0) is 55.2 Å². The van der Waals surface area contributed by atoms with E-state index in [1.807, 2.05) is 13.0 Å². The molecule has 0 amide bonds. The van der Waals surface area contributed by atoms with Crippen LogP contribution in [0.2, 0.25) is 5.15 Å². The van der Waals surface area contributed by atoms with Crippen molar-refractivity contribution in [3.63, 3.8) is 0 Å². The van der Waals surface area contributed by atoms with Crippen molar-refractivity contribution >= 4 is 17.3 Å². The lowest BCUT2D eigenvalue weighted by Gasteiger charge is -2.38. The van der Waals surface area contributed by atoms with Crippen LogP contribution in [0.5, 0.6) is 11.8 Å². The van der Waals surface area contributed by atoms with Gasteiger partial charge in [0.2, 0.25) is 0 Å². The van der Waals surface area contributed by atoms with E-state index in [1.54, 1.807) is 24.0 Å². The molecule has 7 nitrogen and oxygen atoms in total. The minimum absolute atomic E-state index is 0.327. The van der Waals surface area contributed by atoms with Crippen molar-refractivity contribution in [3.8, 4) is 11.8 Å². The molecule has 1 saturated carbocycles. The summed E-state index contributed by atoms with van der Waals surface area (Å²) >= 11 is 6.03. The number of hydrogen-bond donors (Lipinski definition) is 0. The molecular formula is C22H24ClFN6O. The Morgan fingerprint density at radius 1 is 1.16 bits per heavy atom. The van der Waals surface area contributed by atoms with Crippen molar-refractivity contribution in [2.45, 2.75) is 26.2 Å². The molecular weight excluding hydrogens is 419 g/mol. The smallest absolute Gasteiger partial charge is 0.320 e. The zero-order valence-corrected chi connectivity index (χ0v) is 18.3. The summed E-state index contributed by atoms with van der Waals surface area (Å²) in [7, 11) is 1.80. The number of piperidine rings is 1. The first-order valence-corrected chi connectivity index (χ1v) is 10.9. The average Bonchev–Trinajstić information content (AvgIpc) is 3.15. The fourth-order valence-corrected chi connectivity index (χ4v) is 5.21. The maximum atomic E-state index is 13.7. The highest BCUT2D eigenvalue weighted by Crippen LogP contribution is 2.44. The molecule has 2 aromatic heterocycles. The highest BCUT2D eigenvalue weighted by Gasteiger charge is 2.42. The normalized spacial score (nSPS) is 22.7. The molecule has 0 N–H and O–H groups in total. The number of hydrogen-bond acceptors (Lipinski definition) is 6. The summed E-state index contributed by atoms with van der Waals surface area (Å²) in [5.41, 5.74) is 1.83. The van der Waals surface area contributed by atoms with Gasteiger partial charge >= 0.3 is 6.01 Å². The number of benzene rings is 1. The van der Waals surface area contributed by atoms with Crippen molar-refractivity contribution in [1.29, 1.82) is 0 Å². The molecule has 1 aliphatic carbocycles. The SMILES string of the molecule is Cc1cc(F)cc(Oc2nc(CC3C4CCC3CN(c3cnnc(Cl)c3)C4)nn2C)c1. The predicted molar refractivity (Wildman–Crippen MR) is 115 cm³/mol. The van der Waals surface area contributed by atoms with E-state index in [2.05, 4.69) is 25.2 Å². The number of ether oxygens (including phenoxy) is 1. The van der Waals surface area contributed by atoms with E-state index in [0.717, 1.165) is 36.6 Å². The first-order chi connectivity index (χ1) is 14.9. The van der Waals surface area contributed by atoms with Gasteiger partial charge in [0.25, 0.3) is 0 Å². The van der Waals surface area contributed by atoms with Crippen molar-refractivity contribution in [1.82, 2.24) is 25.0 Å². The number of halogens is 2. The fraction of sp³-hybridized carbons (Fsp3) is 0.455. The summed E-state index contributed by atoms with van der Waals surface area (Å²) in [4.78, 5) is 6.97. The maximum Gasteiger partial charge on any atom is 0.320 e. The Hall–Kier alpha value is -2.74. The topological polar surface area (TPSA) is 69.0 Å². The van der Waals surface area contributed by atoms with Crippen LogP contribution in [-0.2, 0) is 13.5 Å². The van der Waals surface area contributed by atoms with Crippen molar-refractivity contribution in [2.75, 3.05) is 18.0 Å². The van der Waals surface area contributed by atoms with Gasteiger partial charge in [-0.2, -0.15) is 15.2 Å². The second-order valence-corrected chi connectivity index (χ2v) is 8.99. The second-order valence-electron chi connectivity index (χ2n) is 8.61. The van der Waals surface area contributed by atoms with Gasteiger partial charge in [-0.25, -0.2) is 9.07 Å². The zero-order valence-electron chi connectivity index (χ0n) is 17.5. The summed E-state index contributed by atoms with van der Waals surface area (Å²) in [6.07, 6.45) is 5.01. The first-order valence-electron chi connectivity index (χ1n) is 10.5. The van der Waals surface area contributed by atoms with Gasteiger partial charge in [-0.3, -0.25) is 0 Å². The Labute approximate surface area is 185 Å². The Balaban J connectivity index is 1.28. The predicted octanol–water partition coefficient (Wildman–Crippen LogP) is 4.20. The molecule has 9 heteroatoms. The van der Waals surface area contributed by atoms with Crippen molar-refractivity contribution in [2.24, 2.45) is 24.8 Å². The number of nitrogens with zero attached hydrogens (tertiary/aromatic N) is 6. The van der Waals surface area contributed by atoms with E-state index in [0.29, 0.717) is 34.7 Å². The molecule has 0 spiro atoms. The average molecular weight is 443 g/mol. The fourth-order valence-electron chi connectivity index (χ4n) is 5.06. The van der Waals surface area contributed by atoms with Crippen LogP contribution >= 0.6 is 11.6 Å². The van der Waals surface area contributed by atoms with E-state index in [4.69, 9.17) is 16.3 Å². The van der Waals surface area contributed by atoms with Crippen LogP contribution in [-0.4, -0.2) is 38.1 Å². The first kappa shape index (κ1) is 20.2. The highest BCUT2D eigenvalue weighted by atomic mass is 35.5. The van der Waals surface area contributed by atoms with Crippen molar-refractivity contribution in [3.05, 3.63) is 52.8 Å². The molecule has 1 saturated heterocycles.